The molecule has 31 heavy (non-hydrogen) atoms. The third-order valence-corrected chi connectivity index (χ3v) is 4.93. The van der Waals surface area contributed by atoms with Crippen LogP contribution in [0.25, 0.3) is 0 Å². The normalized spacial score (nSPS) is 13.5. The predicted octanol–water partition coefficient (Wildman–Crippen LogP) is 4.02. The largest absolute Gasteiger partial charge is 0.495 e. The molecule has 2 aromatic carbocycles. The van der Waals surface area contributed by atoms with Crippen LogP contribution in [-0.2, 0) is 4.74 Å². The number of nitrogens with zero attached hydrogens (tertiary/aromatic N) is 3. The van der Waals surface area contributed by atoms with E-state index in [0.29, 0.717) is 52.7 Å². The van der Waals surface area contributed by atoms with Crippen LogP contribution >= 0.6 is 11.6 Å². The van der Waals surface area contributed by atoms with Crippen molar-refractivity contribution in [3.63, 3.8) is 0 Å². The van der Waals surface area contributed by atoms with Gasteiger partial charge in [0.15, 0.2) is 5.82 Å². The summed E-state index contributed by atoms with van der Waals surface area (Å²) in [6.45, 7) is 2.72. The molecule has 0 unspecified atom stereocenters. The van der Waals surface area contributed by atoms with Crippen molar-refractivity contribution >= 4 is 29.0 Å². The van der Waals surface area contributed by atoms with E-state index in [-0.39, 0.29) is 5.91 Å². The minimum atomic E-state index is -0.291. The smallest absolute Gasteiger partial charge is 0.263 e. The first-order valence-electron chi connectivity index (χ1n) is 9.70. The third kappa shape index (κ3) is 5.04. The highest BCUT2D eigenvalue weighted by atomic mass is 35.5. The number of benzene rings is 2. The number of methoxy groups -OCH3 is 1. The van der Waals surface area contributed by atoms with Crippen molar-refractivity contribution in [2.24, 2.45) is 0 Å². The van der Waals surface area contributed by atoms with E-state index in [0.717, 1.165) is 13.1 Å². The van der Waals surface area contributed by atoms with Crippen molar-refractivity contribution in [3.8, 4) is 17.4 Å². The Kier molecular flexibility index (Phi) is 6.49. The van der Waals surface area contributed by atoms with Crippen molar-refractivity contribution in [2.45, 2.75) is 0 Å². The van der Waals surface area contributed by atoms with Crippen LogP contribution in [0.15, 0.2) is 54.9 Å². The summed E-state index contributed by atoms with van der Waals surface area (Å²) in [5.41, 5.74) is 0.956. The van der Waals surface area contributed by atoms with Gasteiger partial charge in [-0.25, -0.2) is 9.97 Å². The van der Waals surface area contributed by atoms with E-state index in [1.54, 1.807) is 54.9 Å². The van der Waals surface area contributed by atoms with Gasteiger partial charge in [0.25, 0.3) is 11.8 Å². The maximum Gasteiger partial charge on any atom is 0.263 e. The number of hydrogen-bond donors (Lipinski definition) is 1. The van der Waals surface area contributed by atoms with Gasteiger partial charge in [0.05, 0.1) is 26.0 Å². The fourth-order valence-electron chi connectivity index (χ4n) is 3.14. The summed E-state index contributed by atoms with van der Waals surface area (Å²) in [5, 5.41) is 3.31. The van der Waals surface area contributed by atoms with Gasteiger partial charge in [0.1, 0.15) is 11.5 Å². The summed E-state index contributed by atoms with van der Waals surface area (Å²) < 4.78 is 16.6. The van der Waals surface area contributed by atoms with Crippen LogP contribution in [0.3, 0.4) is 0 Å². The van der Waals surface area contributed by atoms with Gasteiger partial charge in [-0.15, -0.1) is 0 Å². The van der Waals surface area contributed by atoms with Crippen LogP contribution in [0.1, 0.15) is 10.4 Å². The van der Waals surface area contributed by atoms with Crippen molar-refractivity contribution < 1.29 is 19.0 Å². The van der Waals surface area contributed by atoms with Crippen LogP contribution in [0, 0.1) is 0 Å². The molecule has 1 fully saturated rings. The highest BCUT2D eigenvalue weighted by Gasteiger charge is 2.18. The molecule has 1 aromatic heterocycles. The van der Waals surface area contributed by atoms with Gasteiger partial charge >= 0.3 is 0 Å². The number of amides is 1. The number of anilines is 2. The van der Waals surface area contributed by atoms with Gasteiger partial charge in [-0.2, -0.15) is 0 Å². The highest BCUT2D eigenvalue weighted by Crippen LogP contribution is 2.30. The van der Waals surface area contributed by atoms with Crippen LogP contribution in [0.4, 0.5) is 11.5 Å². The van der Waals surface area contributed by atoms with E-state index in [9.17, 15) is 4.79 Å². The number of ether oxygens (including phenoxy) is 3. The minimum Gasteiger partial charge on any atom is -0.495 e. The molecule has 0 aliphatic carbocycles. The molecule has 0 spiro atoms. The molecule has 1 aliphatic heterocycles. The molecule has 0 saturated carbocycles. The monoisotopic (exact) mass is 440 g/mol. The molecule has 2 heterocycles. The molecule has 0 bridgehead atoms. The Morgan fingerprint density at radius 2 is 1.84 bits per heavy atom. The van der Waals surface area contributed by atoms with Crippen LogP contribution in [-0.4, -0.2) is 49.3 Å². The van der Waals surface area contributed by atoms with E-state index in [2.05, 4.69) is 20.2 Å². The number of carbonyl (C=O) groups is 1. The van der Waals surface area contributed by atoms with E-state index in [1.807, 2.05) is 0 Å². The molecule has 1 N–H and O–H groups in total. The zero-order valence-corrected chi connectivity index (χ0v) is 17.6. The average Bonchev–Trinajstić information content (AvgIpc) is 2.81. The topological polar surface area (TPSA) is 85.8 Å². The Hall–Kier alpha value is -3.36. The molecule has 3 aromatic rings. The third-order valence-electron chi connectivity index (χ3n) is 4.70. The lowest BCUT2D eigenvalue weighted by molar-refractivity contribution is 0.102. The minimum absolute atomic E-state index is 0.291. The van der Waals surface area contributed by atoms with Gasteiger partial charge in [-0.1, -0.05) is 11.6 Å². The first-order chi connectivity index (χ1) is 15.1. The van der Waals surface area contributed by atoms with Gasteiger partial charge in [-0.05, 0) is 42.5 Å². The Bertz CT molecular complexity index is 1060. The lowest BCUT2D eigenvalue weighted by Gasteiger charge is -2.28. The molecular formula is C22H21ClN4O4. The van der Waals surface area contributed by atoms with Gasteiger partial charge < -0.3 is 24.4 Å². The zero-order chi connectivity index (χ0) is 21.6. The Balaban J connectivity index is 1.47. The first kappa shape index (κ1) is 20.9. The summed E-state index contributed by atoms with van der Waals surface area (Å²) in [5.74, 6) is 1.86. The average molecular weight is 441 g/mol. The lowest BCUT2D eigenvalue weighted by atomic mass is 10.2. The van der Waals surface area contributed by atoms with Crippen LogP contribution < -0.4 is 19.7 Å². The number of hydrogen-bond acceptors (Lipinski definition) is 7. The van der Waals surface area contributed by atoms with E-state index in [1.165, 1.54) is 7.11 Å². The SMILES string of the molecule is COc1ccc(Cl)cc1NC(=O)c1ccc(Oc2nccnc2N2CCOCC2)cc1. The summed E-state index contributed by atoms with van der Waals surface area (Å²) in [6.07, 6.45) is 3.22. The van der Waals surface area contributed by atoms with Crippen molar-refractivity contribution in [3.05, 3.63) is 65.4 Å². The first-order valence-corrected chi connectivity index (χ1v) is 10.1. The Morgan fingerprint density at radius 1 is 1.10 bits per heavy atom. The quantitative estimate of drug-likeness (QED) is 0.619. The molecule has 0 radical (unpaired) electrons. The van der Waals surface area contributed by atoms with Crippen molar-refractivity contribution in [1.82, 2.24) is 9.97 Å². The van der Waals surface area contributed by atoms with Gasteiger partial charge in [0, 0.05) is 36.1 Å². The molecular weight excluding hydrogens is 420 g/mol. The summed E-state index contributed by atoms with van der Waals surface area (Å²) >= 11 is 6.03. The molecule has 1 saturated heterocycles. The zero-order valence-electron chi connectivity index (χ0n) is 16.9. The number of carbonyl (C=O) groups excluding carboxylic acids is 1. The maximum atomic E-state index is 12.6. The molecule has 9 heteroatoms. The molecule has 8 nitrogen and oxygen atoms in total. The molecule has 1 aliphatic rings. The number of morpholine rings is 1. The second kappa shape index (κ2) is 9.63. The molecule has 160 valence electrons. The predicted molar refractivity (Wildman–Crippen MR) is 118 cm³/mol. The maximum absolute atomic E-state index is 12.6. The number of halogens is 1. The Labute approximate surface area is 184 Å². The van der Waals surface area contributed by atoms with Gasteiger partial charge in [-0.3, -0.25) is 4.79 Å². The number of nitrogens with one attached hydrogen (secondary N) is 1. The Morgan fingerprint density at radius 3 is 2.58 bits per heavy atom. The van der Waals surface area contributed by atoms with Crippen molar-refractivity contribution in [2.75, 3.05) is 43.6 Å². The molecule has 4 rings (SSSR count). The van der Waals surface area contributed by atoms with Crippen molar-refractivity contribution in [1.29, 1.82) is 0 Å². The second-order valence-electron chi connectivity index (χ2n) is 6.71. The van der Waals surface area contributed by atoms with E-state index < -0.39 is 0 Å². The van der Waals surface area contributed by atoms with E-state index >= 15 is 0 Å². The lowest BCUT2D eigenvalue weighted by Crippen LogP contribution is -2.37. The van der Waals surface area contributed by atoms with Crippen LogP contribution in [0.2, 0.25) is 5.02 Å². The second-order valence-corrected chi connectivity index (χ2v) is 7.15. The van der Waals surface area contributed by atoms with Crippen LogP contribution in [0.5, 0.6) is 17.4 Å². The summed E-state index contributed by atoms with van der Waals surface area (Å²) in [7, 11) is 1.53. The molecule has 0 atom stereocenters. The highest BCUT2D eigenvalue weighted by molar-refractivity contribution is 6.31. The summed E-state index contributed by atoms with van der Waals surface area (Å²) in [4.78, 5) is 23.4. The fourth-order valence-corrected chi connectivity index (χ4v) is 3.31. The molecule has 1 amide bonds. The fraction of sp³-hybridized carbons (Fsp3) is 0.227. The summed E-state index contributed by atoms with van der Waals surface area (Å²) in [6, 6.07) is 11.8. The van der Waals surface area contributed by atoms with E-state index in [4.69, 9.17) is 25.8 Å². The number of aromatic nitrogens is 2. The van der Waals surface area contributed by atoms with Gasteiger partial charge in [0.2, 0.25) is 0 Å². The standard InChI is InChI=1S/C22H21ClN4O4/c1-29-19-7-4-16(23)14-18(19)26-21(28)15-2-5-17(6-3-15)31-22-20(24-8-9-25-22)27-10-12-30-13-11-27/h2-9,14H,10-13H2,1H3,(H,26,28). The number of rotatable bonds is 6.